The van der Waals surface area contributed by atoms with Gasteiger partial charge in [0.05, 0.1) is 11.6 Å². The number of amides is 1. The van der Waals surface area contributed by atoms with Crippen LogP contribution in [0.4, 0.5) is 5.69 Å². The van der Waals surface area contributed by atoms with Gasteiger partial charge in [0.25, 0.3) is 0 Å². The van der Waals surface area contributed by atoms with Crippen LogP contribution in [-0.4, -0.2) is 32.2 Å². The van der Waals surface area contributed by atoms with Crippen LogP contribution in [0.5, 0.6) is 11.5 Å². The first kappa shape index (κ1) is 18.9. The zero-order valence-electron chi connectivity index (χ0n) is 14.2. The summed E-state index contributed by atoms with van der Waals surface area (Å²) in [6.45, 7) is 2.70. The number of anilines is 1. The minimum atomic E-state index is 0. The summed E-state index contributed by atoms with van der Waals surface area (Å²) in [4.78, 5) is 14.6. The van der Waals surface area contributed by atoms with E-state index in [1.807, 2.05) is 42.5 Å². The Kier molecular flexibility index (Phi) is 6.29. The quantitative estimate of drug-likeness (QED) is 0.832. The molecule has 2 heterocycles. The van der Waals surface area contributed by atoms with Crippen LogP contribution < -0.4 is 20.1 Å². The van der Waals surface area contributed by atoms with Crippen molar-refractivity contribution in [1.29, 1.82) is 0 Å². The van der Waals surface area contributed by atoms with E-state index in [0.29, 0.717) is 19.0 Å². The fourth-order valence-corrected chi connectivity index (χ4v) is 3.91. The van der Waals surface area contributed by atoms with E-state index < -0.39 is 0 Å². The van der Waals surface area contributed by atoms with E-state index in [4.69, 9.17) is 9.47 Å². The van der Waals surface area contributed by atoms with Gasteiger partial charge >= 0.3 is 0 Å². The summed E-state index contributed by atoms with van der Waals surface area (Å²) < 4.78 is 11.4. The second-order valence-electron chi connectivity index (χ2n) is 6.09. The van der Waals surface area contributed by atoms with Gasteiger partial charge in [-0.3, -0.25) is 4.79 Å². The molecule has 2 N–H and O–H groups in total. The lowest BCUT2D eigenvalue weighted by Crippen LogP contribution is -2.25. The van der Waals surface area contributed by atoms with Gasteiger partial charge in [0.1, 0.15) is 13.2 Å². The molecule has 138 valence electrons. The summed E-state index contributed by atoms with van der Waals surface area (Å²) in [6, 6.07) is 13.9. The predicted octanol–water partition coefficient (Wildman–Crippen LogP) is 3.58. The molecular weight excluding hydrogens is 372 g/mol. The molecule has 1 unspecified atom stereocenters. The molecular formula is C19H21ClN2O3S. The Morgan fingerprint density at radius 1 is 1.12 bits per heavy atom. The molecule has 1 amide bonds. The molecule has 0 spiro atoms. The van der Waals surface area contributed by atoms with Crippen LogP contribution in [0.1, 0.15) is 6.42 Å². The van der Waals surface area contributed by atoms with E-state index in [2.05, 4.69) is 10.6 Å². The van der Waals surface area contributed by atoms with E-state index in [-0.39, 0.29) is 24.2 Å². The molecule has 0 aromatic heterocycles. The number of nitrogens with one attached hydrogen (secondary N) is 2. The maximum absolute atomic E-state index is 12.6. The maximum atomic E-state index is 12.6. The van der Waals surface area contributed by atoms with Crippen molar-refractivity contribution in [3.05, 3.63) is 42.5 Å². The topological polar surface area (TPSA) is 59.6 Å². The molecule has 2 aliphatic heterocycles. The number of fused-ring (bicyclic) bond motifs is 1. The molecule has 0 saturated carbocycles. The average Bonchev–Trinajstić information content (AvgIpc) is 3.18. The number of halogens is 1. The Balaban J connectivity index is 0.00000196. The number of hydrogen-bond donors (Lipinski definition) is 2. The highest BCUT2D eigenvalue weighted by Crippen LogP contribution is 2.42. The number of ether oxygens (including phenoxy) is 2. The van der Waals surface area contributed by atoms with Crippen LogP contribution in [0.2, 0.25) is 0 Å². The lowest BCUT2D eigenvalue weighted by molar-refractivity contribution is -0.119. The number of rotatable bonds is 4. The normalized spacial score (nSPS) is 18.1. The molecule has 26 heavy (non-hydrogen) atoms. The van der Waals surface area contributed by atoms with Crippen LogP contribution in [-0.2, 0) is 4.79 Å². The van der Waals surface area contributed by atoms with Crippen LogP contribution in [0.25, 0.3) is 0 Å². The van der Waals surface area contributed by atoms with Crippen molar-refractivity contribution in [2.45, 2.75) is 16.2 Å². The average molecular weight is 393 g/mol. The molecule has 0 bridgehead atoms. The number of carbonyl (C=O) groups excluding carboxylic acids is 1. The summed E-state index contributed by atoms with van der Waals surface area (Å²) in [6.07, 6.45) is 0.873. The van der Waals surface area contributed by atoms with Gasteiger partial charge in [0, 0.05) is 28.5 Å². The predicted molar refractivity (Wildman–Crippen MR) is 105 cm³/mol. The first-order valence-corrected chi connectivity index (χ1v) is 9.29. The summed E-state index contributed by atoms with van der Waals surface area (Å²) in [5.41, 5.74) is 0.773. The van der Waals surface area contributed by atoms with E-state index in [1.54, 1.807) is 11.8 Å². The fourth-order valence-electron chi connectivity index (χ4n) is 2.98. The van der Waals surface area contributed by atoms with Crippen molar-refractivity contribution in [3.63, 3.8) is 0 Å². The highest BCUT2D eigenvalue weighted by molar-refractivity contribution is 7.99. The second-order valence-corrected chi connectivity index (χ2v) is 7.20. The Labute approximate surface area is 163 Å². The molecule has 1 saturated heterocycles. The van der Waals surface area contributed by atoms with Crippen LogP contribution >= 0.6 is 24.2 Å². The third kappa shape index (κ3) is 4.26. The summed E-state index contributed by atoms with van der Waals surface area (Å²) in [5.74, 6) is 1.48. The Bertz CT molecular complexity index is 767. The standard InChI is InChI=1S/C19H20N2O3S.ClH/c22-19(13-6-7-20-12-13)21-15-10-16-17(24-9-8-23-16)11-18(15)25-14-4-2-1-3-5-14;/h1-5,10-11,13,20H,6-9,12H2,(H,21,22);1H. The molecule has 0 aliphatic carbocycles. The Morgan fingerprint density at radius 3 is 2.54 bits per heavy atom. The van der Waals surface area contributed by atoms with Gasteiger partial charge < -0.3 is 20.1 Å². The zero-order valence-corrected chi connectivity index (χ0v) is 15.8. The smallest absolute Gasteiger partial charge is 0.228 e. The summed E-state index contributed by atoms with van der Waals surface area (Å²) >= 11 is 1.61. The van der Waals surface area contributed by atoms with Crippen molar-refractivity contribution < 1.29 is 14.3 Å². The van der Waals surface area contributed by atoms with E-state index in [9.17, 15) is 4.79 Å². The summed E-state index contributed by atoms with van der Waals surface area (Å²) in [7, 11) is 0. The fraction of sp³-hybridized carbons (Fsp3) is 0.316. The molecule has 4 rings (SSSR count). The van der Waals surface area contributed by atoms with Crippen molar-refractivity contribution in [1.82, 2.24) is 5.32 Å². The van der Waals surface area contributed by atoms with Crippen LogP contribution in [0.3, 0.4) is 0 Å². The third-order valence-electron chi connectivity index (χ3n) is 4.30. The van der Waals surface area contributed by atoms with Gasteiger partial charge in [-0.1, -0.05) is 30.0 Å². The van der Waals surface area contributed by atoms with Gasteiger partial charge in [-0.15, -0.1) is 12.4 Å². The van der Waals surface area contributed by atoms with Crippen molar-refractivity contribution in [2.24, 2.45) is 5.92 Å². The van der Waals surface area contributed by atoms with E-state index >= 15 is 0 Å². The van der Waals surface area contributed by atoms with Crippen molar-refractivity contribution in [2.75, 3.05) is 31.6 Å². The second kappa shape index (κ2) is 8.66. The number of benzene rings is 2. The molecule has 5 nitrogen and oxygen atoms in total. The highest BCUT2D eigenvalue weighted by atomic mass is 35.5. The largest absolute Gasteiger partial charge is 0.486 e. The van der Waals surface area contributed by atoms with Crippen LogP contribution in [0, 0.1) is 5.92 Å². The van der Waals surface area contributed by atoms with Crippen molar-refractivity contribution >= 4 is 35.8 Å². The lowest BCUT2D eigenvalue weighted by atomic mass is 10.1. The van der Waals surface area contributed by atoms with Gasteiger partial charge in [-0.2, -0.15) is 0 Å². The minimum Gasteiger partial charge on any atom is -0.486 e. The third-order valence-corrected chi connectivity index (χ3v) is 5.37. The van der Waals surface area contributed by atoms with Gasteiger partial charge in [0.2, 0.25) is 5.91 Å². The molecule has 2 aliphatic rings. The molecule has 2 aromatic carbocycles. The SMILES string of the molecule is Cl.O=C(Nc1cc2c(cc1Sc1ccccc1)OCCO2)C1CCNC1. The summed E-state index contributed by atoms with van der Waals surface area (Å²) in [5, 5.41) is 6.32. The Hall–Kier alpha value is -1.89. The highest BCUT2D eigenvalue weighted by Gasteiger charge is 2.24. The molecule has 0 radical (unpaired) electrons. The lowest BCUT2D eigenvalue weighted by Gasteiger charge is -2.22. The van der Waals surface area contributed by atoms with Crippen molar-refractivity contribution in [3.8, 4) is 11.5 Å². The minimum absolute atomic E-state index is 0. The van der Waals surface area contributed by atoms with Gasteiger partial charge in [0.15, 0.2) is 11.5 Å². The maximum Gasteiger partial charge on any atom is 0.228 e. The van der Waals surface area contributed by atoms with E-state index in [1.165, 1.54) is 0 Å². The zero-order chi connectivity index (χ0) is 17.1. The first-order chi connectivity index (χ1) is 12.3. The van der Waals surface area contributed by atoms with Gasteiger partial charge in [-0.25, -0.2) is 0 Å². The first-order valence-electron chi connectivity index (χ1n) is 8.48. The molecule has 7 heteroatoms. The molecule has 2 aromatic rings. The Morgan fingerprint density at radius 2 is 1.85 bits per heavy atom. The van der Waals surface area contributed by atoms with Gasteiger partial charge in [-0.05, 0) is 25.1 Å². The van der Waals surface area contributed by atoms with E-state index in [0.717, 1.165) is 40.7 Å². The van der Waals surface area contributed by atoms with Crippen LogP contribution in [0.15, 0.2) is 52.3 Å². The number of hydrogen-bond acceptors (Lipinski definition) is 5. The monoisotopic (exact) mass is 392 g/mol. The molecule has 1 atom stereocenters. The number of carbonyl (C=O) groups is 1. The molecule has 1 fully saturated rings.